The van der Waals surface area contributed by atoms with Crippen molar-refractivity contribution in [1.82, 2.24) is 9.97 Å². The van der Waals surface area contributed by atoms with Gasteiger partial charge in [0.2, 0.25) is 0 Å². The number of benzene rings is 2. The lowest BCUT2D eigenvalue weighted by Gasteiger charge is -1.93. The number of nitrogens with one attached hydrogen (secondary N) is 2. The highest BCUT2D eigenvalue weighted by molar-refractivity contribution is 7.16. The molecule has 0 atom stereocenters. The standard InChI is InChI=1S/C8H7NO2S.C8H5NO2S/c2*10-4-5-1-2-7-6(3-5)9-8(11)12-7/h1-3,10H,4H2,(H,9,11);1-4H,(H,9,11). The highest BCUT2D eigenvalue weighted by Gasteiger charge is 1.99. The summed E-state index contributed by atoms with van der Waals surface area (Å²) in [4.78, 5) is 37.3. The SMILES string of the molecule is O=Cc1ccc2sc(=O)[nH]c2c1.O=c1[nH]c2cc(CO)ccc2s1. The summed E-state index contributed by atoms with van der Waals surface area (Å²) in [7, 11) is 0. The number of hydrogen-bond donors (Lipinski definition) is 3. The summed E-state index contributed by atoms with van der Waals surface area (Å²) in [6.45, 7) is 0.00776. The van der Waals surface area contributed by atoms with Crippen LogP contribution < -0.4 is 9.75 Å². The molecule has 0 aliphatic heterocycles. The third-order valence-electron chi connectivity index (χ3n) is 3.25. The summed E-state index contributed by atoms with van der Waals surface area (Å²) in [5.41, 5.74) is 2.93. The largest absolute Gasteiger partial charge is 0.392 e. The van der Waals surface area contributed by atoms with Gasteiger partial charge in [0, 0.05) is 5.56 Å². The molecule has 0 aliphatic rings. The molecule has 8 heteroatoms. The van der Waals surface area contributed by atoms with Crippen LogP contribution in [0.25, 0.3) is 20.4 Å². The minimum Gasteiger partial charge on any atom is -0.392 e. The molecule has 24 heavy (non-hydrogen) atoms. The number of carbonyl (C=O) groups is 1. The van der Waals surface area contributed by atoms with Crippen LogP contribution in [0.1, 0.15) is 15.9 Å². The molecular weight excluding hydrogens is 348 g/mol. The first-order valence-electron chi connectivity index (χ1n) is 6.89. The lowest BCUT2D eigenvalue weighted by Crippen LogP contribution is -1.90. The monoisotopic (exact) mass is 360 g/mol. The molecule has 2 aromatic heterocycles. The normalized spacial score (nSPS) is 10.5. The van der Waals surface area contributed by atoms with E-state index in [1.165, 1.54) is 11.3 Å². The average molecular weight is 360 g/mol. The van der Waals surface area contributed by atoms with Gasteiger partial charge in [0.25, 0.3) is 0 Å². The maximum absolute atomic E-state index is 10.9. The first kappa shape index (κ1) is 16.3. The quantitative estimate of drug-likeness (QED) is 0.478. The zero-order valence-electron chi connectivity index (χ0n) is 12.2. The summed E-state index contributed by atoms with van der Waals surface area (Å²) in [5, 5.41) is 8.82. The molecule has 4 aromatic rings. The van der Waals surface area contributed by atoms with Gasteiger partial charge < -0.3 is 15.1 Å². The van der Waals surface area contributed by atoms with Gasteiger partial charge in [0.05, 0.1) is 27.0 Å². The second kappa shape index (κ2) is 6.91. The minimum atomic E-state index is -0.0898. The van der Waals surface area contributed by atoms with E-state index < -0.39 is 0 Å². The fraction of sp³-hybridized carbons (Fsp3) is 0.0625. The molecule has 6 nitrogen and oxygen atoms in total. The van der Waals surface area contributed by atoms with Crippen LogP contribution in [0.3, 0.4) is 0 Å². The van der Waals surface area contributed by atoms with Gasteiger partial charge >= 0.3 is 9.75 Å². The number of H-pyrrole nitrogens is 2. The number of carbonyl (C=O) groups excluding carboxylic acids is 1. The van der Waals surface area contributed by atoms with Crippen LogP contribution in [-0.2, 0) is 6.61 Å². The Bertz CT molecular complexity index is 1120. The van der Waals surface area contributed by atoms with Gasteiger partial charge in [-0.05, 0) is 29.8 Å². The van der Waals surface area contributed by atoms with Gasteiger partial charge in [-0.25, -0.2) is 0 Å². The number of aromatic amines is 2. The highest BCUT2D eigenvalue weighted by atomic mass is 32.1. The van der Waals surface area contributed by atoms with Crippen molar-refractivity contribution in [3.8, 4) is 0 Å². The Morgan fingerprint density at radius 2 is 1.50 bits per heavy atom. The van der Waals surface area contributed by atoms with Crippen molar-refractivity contribution in [2.24, 2.45) is 0 Å². The van der Waals surface area contributed by atoms with Crippen LogP contribution in [0.15, 0.2) is 46.0 Å². The molecule has 0 unspecified atom stereocenters. The van der Waals surface area contributed by atoms with Crippen molar-refractivity contribution in [1.29, 1.82) is 0 Å². The Hall–Kier alpha value is -2.55. The number of aliphatic hydroxyl groups excluding tert-OH is 1. The van der Waals surface area contributed by atoms with Crippen molar-refractivity contribution in [2.45, 2.75) is 6.61 Å². The van der Waals surface area contributed by atoms with Crippen LogP contribution in [0.2, 0.25) is 0 Å². The van der Waals surface area contributed by atoms with E-state index in [0.29, 0.717) is 5.56 Å². The summed E-state index contributed by atoms with van der Waals surface area (Å²) < 4.78 is 1.81. The number of aliphatic hydroxyl groups is 1. The second-order valence-corrected chi connectivity index (χ2v) is 6.92. The van der Waals surface area contributed by atoms with Gasteiger partial charge in [0.1, 0.15) is 6.29 Å². The number of thiazole rings is 2. The molecule has 0 radical (unpaired) electrons. The van der Waals surface area contributed by atoms with E-state index >= 15 is 0 Å². The molecule has 0 aliphatic carbocycles. The molecule has 0 spiro atoms. The predicted octanol–water partition coefficient (Wildman–Crippen LogP) is 2.48. The molecule has 0 fully saturated rings. The topological polar surface area (TPSA) is 103 Å². The van der Waals surface area contributed by atoms with E-state index in [9.17, 15) is 14.4 Å². The van der Waals surface area contributed by atoms with Crippen LogP contribution in [0, 0.1) is 0 Å². The molecule has 2 heterocycles. The second-order valence-electron chi connectivity index (χ2n) is 4.89. The third-order valence-corrected chi connectivity index (χ3v) is 4.97. The highest BCUT2D eigenvalue weighted by Crippen LogP contribution is 2.16. The Kier molecular flexibility index (Phi) is 4.70. The van der Waals surface area contributed by atoms with Crippen LogP contribution in [0.4, 0.5) is 0 Å². The molecule has 0 bridgehead atoms. The molecule has 122 valence electrons. The Balaban J connectivity index is 0.000000141. The fourth-order valence-corrected chi connectivity index (χ4v) is 3.57. The Labute approximate surface area is 143 Å². The van der Waals surface area contributed by atoms with Crippen molar-refractivity contribution in [3.63, 3.8) is 0 Å². The van der Waals surface area contributed by atoms with Gasteiger partial charge in [0.15, 0.2) is 0 Å². The lowest BCUT2D eigenvalue weighted by molar-refractivity contribution is 0.112. The third kappa shape index (κ3) is 3.51. The van der Waals surface area contributed by atoms with Gasteiger partial charge in [-0.2, -0.15) is 0 Å². The average Bonchev–Trinajstić information content (AvgIpc) is 3.13. The number of rotatable bonds is 2. The fourth-order valence-electron chi connectivity index (χ4n) is 2.14. The zero-order chi connectivity index (χ0) is 17.1. The van der Waals surface area contributed by atoms with E-state index in [4.69, 9.17) is 5.11 Å². The predicted molar refractivity (Wildman–Crippen MR) is 96.2 cm³/mol. The first-order chi connectivity index (χ1) is 11.6. The van der Waals surface area contributed by atoms with Gasteiger partial charge in [-0.1, -0.05) is 34.8 Å². The molecule has 4 rings (SSSR count). The minimum absolute atomic E-state index is 0.00776. The van der Waals surface area contributed by atoms with Crippen LogP contribution >= 0.6 is 22.7 Å². The number of fused-ring (bicyclic) bond motifs is 2. The lowest BCUT2D eigenvalue weighted by atomic mass is 10.2. The molecular formula is C16H12N2O4S2. The van der Waals surface area contributed by atoms with Crippen molar-refractivity contribution >= 4 is 49.4 Å². The zero-order valence-corrected chi connectivity index (χ0v) is 13.9. The first-order valence-corrected chi connectivity index (χ1v) is 8.53. The number of hydrogen-bond acceptors (Lipinski definition) is 6. The smallest absolute Gasteiger partial charge is 0.305 e. The molecule has 0 saturated carbocycles. The Morgan fingerprint density at radius 1 is 0.917 bits per heavy atom. The summed E-state index contributed by atoms with van der Waals surface area (Å²) >= 11 is 2.32. The van der Waals surface area contributed by atoms with Crippen molar-refractivity contribution < 1.29 is 9.90 Å². The van der Waals surface area contributed by atoms with E-state index in [0.717, 1.165) is 43.6 Å². The molecule has 0 amide bonds. The molecule has 2 aromatic carbocycles. The van der Waals surface area contributed by atoms with E-state index in [1.807, 2.05) is 12.1 Å². The maximum atomic E-state index is 10.9. The molecule has 3 N–H and O–H groups in total. The maximum Gasteiger partial charge on any atom is 0.305 e. The van der Waals surface area contributed by atoms with E-state index in [1.54, 1.807) is 24.3 Å². The van der Waals surface area contributed by atoms with Crippen LogP contribution in [0.5, 0.6) is 0 Å². The van der Waals surface area contributed by atoms with E-state index in [-0.39, 0.29) is 16.4 Å². The summed E-state index contributed by atoms with van der Waals surface area (Å²) in [5.74, 6) is 0. The Morgan fingerprint density at radius 3 is 2.08 bits per heavy atom. The summed E-state index contributed by atoms with van der Waals surface area (Å²) in [6.07, 6.45) is 0.759. The van der Waals surface area contributed by atoms with Crippen LogP contribution in [-0.4, -0.2) is 21.4 Å². The van der Waals surface area contributed by atoms with E-state index in [2.05, 4.69) is 9.97 Å². The number of aldehydes is 1. The van der Waals surface area contributed by atoms with Gasteiger partial charge in [-0.3, -0.25) is 14.4 Å². The van der Waals surface area contributed by atoms with Crippen molar-refractivity contribution in [3.05, 3.63) is 66.9 Å². The number of aromatic nitrogens is 2. The summed E-state index contributed by atoms with van der Waals surface area (Å²) in [6, 6.07) is 10.6. The van der Waals surface area contributed by atoms with Gasteiger partial charge in [-0.15, -0.1) is 0 Å². The van der Waals surface area contributed by atoms with Crippen molar-refractivity contribution in [2.75, 3.05) is 0 Å². The molecule has 0 saturated heterocycles.